The summed E-state index contributed by atoms with van der Waals surface area (Å²) in [5, 5.41) is 4.23. The quantitative estimate of drug-likeness (QED) is 0.834. The van der Waals surface area contributed by atoms with Gasteiger partial charge in [-0.05, 0) is 25.3 Å². The van der Waals surface area contributed by atoms with Crippen molar-refractivity contribution in [1.29, 1.82) is 0 Å². The predicted molar refractivity (Wildman–Crippen MR) is 67.0 cm³/mol. The van der Waals surface area contributed by atoms with Crippen LogP contribution in [0.25, 0.3) is 5.52 Å². The number of hydrogen-bond donors (Lipinski definition) is 1. The van der Waals surface area contributed by atoms with Gasteiger partial charge < -0.3 is 10.6 Å². The smallest absolute Gasteiger partial charge is 0.154 e. The molecule has 0 aliphatic carbocycles. The van der Waals surface area contributed by atoms with Crippen molar-refractivity contribution in [1.82, 2.24) is 14.6 Å². The van der Waals surface area contributed by atoms with E-state index < -0.39 is 0 Å². The van der Waals surface area contributed by atoms with Crippen LogP contribution in [-0.2, 0) is 0 Å². The topological polar surface area (TPSA) is 59.5 Å². The molecule has 2 aromatic rings. The number of anilines is 1. The highest BCUT2D eigenvalue weighted by molar-refractivity contribution is 5.68. The first-order valence-corrected chi connectivity index (χ1v) is 6.04. The Balaban J connectivity index is 1.92. The van der Waals surface area contributed by atoms with Gasteiger partial charge in [0.05, 0.1) is 6.20 Å². The molecular weight excluding hydrogens is 214 g/mol. The highest BCUT2D eigenvalue weighted by Crippen LogP contribution is 2.26. The monoisotopic (exact) mass is 231 g/mol. The summed E-state index contributed by atoms with van der Waals surface area (Å²) in [6.07, 6.45) is 6.63. The summed E-state index contributed by atoms with van der Waals surface area (Å²) >= 11 is 0. The predicted octanol–water partition coefficient (Wildman–Crippen LogP) is 0.903. The number of nitrogens with zero attached hydrogens (tertiary/aromatic N) is 4. The van der Waals surface area contributed by atoms with Crippen molar-refractivity contribution >= 4 is 11.3 Å². The Morgan fingerprint density at radius 1 is 1.47 bits per heavy atom. The number of rotatable bonds is 2. The highest BCUT2D eigenvalue weighted by Gasteiger charge is 2.27. The van der Waals surface area contributed by atoms with Gasteiger partial charge in [0.2, 0.25) is 0 Å². The standard InChI is InChI=1S/C12H17N5/c1-9(13)10-3-6-16(8-10)12-11-2-4-15-17(11)7-5-14-12/h2,4-5,7,9-10H,3,6,8,13H2,1H3. The largest absolute Gasteiger partial charge is 0.354 e. The van der Waals surface area contributed by atoms with Gasteiger partial charge in [0, 0.05) is 31.5 Å². The van der Waals surface area contributed by atoms with Gasteiger partial charge >= 0.3 is 0 Å². The van der Waals surface area contributed by atoms with Gasteiger partial charge in [0.15, 0.2) is 5.82 Å². The van der Waals surface area contributed by atoms with E-state index in [9.17, 15) is 0 Å². The number of nitrogens with two attached hydrogens (primary N) is 1. The molecule has 0 spiro atoms. The molecular formula is C12H17N5. The molecule has 0 aromatic carbocycles. The van der Waals surface area contributed by atoms with Crippen molar-refractivity contribution in [2.75, 3.05) is 18.0 Å². The second kappa shape index (κ2) is 4.00. The summed E-state index contributed by atoms with van der Waals surface area (Å²) < 4.78 is 1.86. The summed E-state index contributed by atoms with van der Waals surface area (Å²) in [6, 6.07) is 2.26. The van der Waals surface area contributed by atoms with E-state index in [4.69, 9.17) is 5.73 Å². The van der Waals surface area contributed by atoms with Crippen molar-refractivity contribution < 1.29 is 0 Å². The van der Waals surface area contributed by atoms with Gasteiger partial charge in [0.1, 0.15) is 5.52 Å². The number of aromatic nitrogens is 3. The van der Waals surface area contributed by atoms with Crippen molar-refractivity contribution in [3.63, 3.8) is 0 Å². The second-order valence-corrected chi connectivity index (χ2v) is 4.77. The van der Waals surface area contributed by atoms with Gasteiger partial charge in [-0.2, -0.15) is 5.10 Å². The summed E-state index contributed by atoms with van der Waals surface area (Å²) in [5.41, 5.74) is 7.03. The van der Waals surface area contributed by atoms with Gasteiger partial charge in [0.25, 0.3) is 0 Å². The lowest BCUT2D eigenvalue weighted by molar-refractivity contribution is 0.488. The maximum absolute atomic E-state index is 5.97. The van der Waals surface area contributed by atoms with E-state index in [-0.39, 0.29) is 6.04 Å². The molecule has 2 N–H and O–H groups in total. The molecule has 3 rings (SSSR count). The van der Waals surface area contributed by atoms with Crippen LogP contribution in [0.15, 0.2) is 24.7 Å². The lowest BCUT2D eigenvalue weighted by Crippen LogP contribution is -2.30. The zero-order chi connectivity index (χ0) is 11.8. The average molecular weight is 231 g/mol. The third kappa shape index (κ3) is 1.76. The zero-order valence-corrected chi connectivity index (χ0v) is 9.95. The molecule has 0 saturated carbocycles. The molecule has 17 heavy (non-hydrogen) atoms. The summed E-state index contributed by atoms with van der Waals surface area (Å²) in [4.78, 5) is 6.79. The lowest BCUT2D eigenvalue weighted by Gasteiger charge is -2.19. The Hall–Kier alpha value is -1.62. The Morgan fingerprint density at radius 3 is 3.12 bits per heavy atom. The molecule has 90 valence electrons. The van der Waals surface area contributed by atoms with E-state index in [1.54, 1.807) is 12.4 Å². The lowest BCUT2D eigenvalue weighted by atomic mass is 10.0. The van der Waals surface area contributed by atoms with Crippen LogP contribution in [0, 0.1) is 5.92 Å². The van der Waals surface area contributed by atoms with Gasteiger partial charge in [-0.1, -0.05) is 0 Å². The summed E-state index contributed by atoms with van der Waals surface area (Å²) in [6.45, 7) is 4.11. The maximum Gasteiger partial charge on any atom is 0.154 e. The first-order valence-electron chi connectivity index (χ1n) is 6.04. The first-order chi connectivity index (χ1) is 8.25. The third-order valence-corrected chi connectivity index (χ3v) is 3.57. The molecule has 1 aliphatic rings. The normalized spacial score (nSPS) is 22.2. The molecule has 2 unspecified atom stereocenters. The van der Waals surface area contributed by atoms with Crippen molar-refractivity contribution in [3.8, 4) is 0 Å². The fraction of sp³-hybridized carbons (Fsp3) is 0.500. The van der Waals surface area contributed by atoms with Gasteiger partial charge in [-0.25, -0.2) is 9.50 Å². The molecule has 1 aliphatic heterocycles. The Labute approximate surface area is 100 Å². The molecule has 0 radical (unpaired) electrons. The van der Waals surface area contributed by atoms with Crippen molar-refractivity contribution in [2.45, 2.75) is 19.4 Å². The molecule has 2 aromatic heterocycles. The first kappa shape index (κ1) is 10.5. The molecule has 1 fully saturated rings. The highest BCUT2D eigenvalue weighted by atomic mass is 15.3. The van der Waals surface area contributed by atoms with Crippen LogP contribution in [0.5, 0.6) is 0 Å². The molecule has 0 bridgehead atoms. The van der Waals surface area contributed by atoms with Crippen molar-refractivity contribution in [2.24, 2.45) is 11.7 Å². The summed E-state index contributed by atoms with van der Waals surface area (Å²) in [5.74, 6) is 1.59. The van der Waals surface area contributed by atoms with E-state index in [0.29, 0.717) is 5.92 Å². The van der Waals surface area contributed by atoms with E-state index in [2.05, 4.69) is 21.9 Å². The summed E-state index contributed by atoms with van der Waals surface area (Å²) in [7, 11) is 0. The van der Waals surface area contributed by atoms with E-state index in [1.807, 2.05) is 16.8 Å². The van der Waals surface area contributed by atoms with Crippen LogP contribution in [0.4, 0.5) is 5.82 Å². The molecule has 1 saturated heterocycles. The fourth-order valence-corrected chi connectivity index (χ4v) is 2.50. The number of fused-ring (bicyclic) bond motifs is 1. The Bertz CT molecular complexity index is 518. The van der Waals surface area contributed by atoms with E-state index in [1.165, 1.54) is 0 Å². The van der Waals surface area contributed by atoms with Crippen LogP contribution < -0.4 is 10.6 Å². The minimum Gasteiger partial charge on any atom is -0.354 e. The molecule has 5 heteroatoms. The maximum atomic E-state index is 5.97. The van der Waals surface area contributed by atoms with Crippen LogP contribution in [0.3, 0.4) is 0 Å². The van der Waals surface area contributed by atoms with Crippen LogP contribution in [0.2, 0.25) is 0 Å². The Morgan fingerprint density at radius 2 is 2.35 bits per heavy atom. The van der Waals surface area contributed by atoms with Crippen LogP contribution >= 0.6 is 0 Å². The SMILES string of the molecule is CC(N)C1CCN(c2nccn3nccc23)C1. The minimum absolute atomic E-state index is 0.254. The van der Waals surface area contributed by atoms with Crippen molar-refractivity contribution in [3.05, 3.63) is 24.7 Å². The third-order valence-electron chi connectivity index (χ3n) is 3.57. The van der Waals surface area contributed by atoms with Gasteiger partial charge in [-0.15, -0.1) is 0 Å². The molecule has 3 heterocycles. The van der Waals surface area contributed by atoms with E-state index in [0.717, 1.165) is 30.8 Å². The van der Waals surface area contributed by atoms with E-state index >= 15 is 0 Å². The fourth-order valence-electron chi connectivity index (χ4n) is 2.50. The number of hydrogen-bond acceptors (Lipinski definition) is 4. The molecule has 5 nitrogen and oxygen atoms in total. The molecule has 0 amide bonds. The van der Waals surface area contributed by atoms with Gasteiger partial charge in [-0.3, -0.25) is 0 Å². The molecule has 2 atom stereocenters. The Kier molecular flexibility index (Phi) is 2.48. The zero-order valence-electron chi connectivity index (χ0n) is 9.95. The second-order valence-electron chi connectivity index (χ2n) is 4.77. The minimum atomic E-state index is 0.254. The van der Waals surface area contributed by atoms with Crippen LogP contribution in [0.1, 0.15) is 13.3 Å². The van der Waals surface area contributed by atoms with Crippen LogP contribution in [-0.4, -0.2) is 33.7 Å². The average Bonchev–Trinajstić information content (AvgIpc) is 2.97.